The molecule has 3 aliphatic rings. The molecule has 2 amide bonds. The first kappa shape index (κ1) is 14.8. The summed E-state index contributed by atoms with van der Waals surface area (Å²) in [5.74, 6) is 0.216. The van der Waals surface area contributed by atoms with Crippen molar-refractivity contribution in [1.82, 2.24) is 15.5 Å². The number of likely N-dealkylation sites (tertiary alicyclic amines) is 1. The molecule has 118 valence electrons. The third-order valence-corrected chi connectivity index (χ3v) is 4.91. The zero-order chi connectivity index (χ0) is 14.7. The molecule has 1 saturated heterocycles. The van der Waals surface area contributed by atoms with Crippen LogP contribution in [0, 0.1) is 0 Å². The van der Waals surface area contributed by atoms with Crippen LogP contribution in [0.15, 0.2) is 0 Å². The van der Waals surface area contributed by atoms with Gasteiger partial charge in [-0.25, -0.2) is 0 Å². The van der Waals surface area contributed by atoms with Gasteiger partial charge in [-0.2, -0.15) is 0 Å². The zero-order valence-electron chi connectivity index (χ0n) is 12.8. The lowest BCUT2D eigenvalue weighted by Gasteiger charge is -2.26. The highest BCUT2D eigenvalue weighted by Crippen LogP contribution is 2.22. The minimum Gasteiger partial charge on any atom is -0.352 e. The van der Waals surface area contributed by atoms with Crippen molar-refractivity contribution in [3.05, 3.63) is 0 Å². The number of carbonyl (C=O) groups is 2. The molecule has 2 N–H and O–H groups in total. The average Bonchev–Trinajstić information content (AvgIpc) is 3.16. The van der Waals surface area contributed by atoms with Crippen LogP contribution >= 0.6 is 0 Å². The Kier molecular flexibility index (Phi) is 4.78. The van der Waals surface area contributed by atoms with Crippen molar-refractivity contribution >= 4 is 11.8 Å². The van der Waals surface area contributed by atoms with E-state index >= 15 is 0 Å². The molecule has 5 nitrogen and oxygen atoms in total. The van der Waals surface area contributed by atoms with Gasteiger partial charge in [0.1, 0.15) is 0 Å². The predicted octanol–water partition coefficient (Wildman–Crippen LogP) is 1.18. The molecule has 1 unspecified atom stereocenters. The van der Waals surface area contributed by atoms with Crippen LogP contribution in [0.4, 0.5) is 0 Å². The first-order valence-electron chi connectivity index (χ1n) is 8.56. The van der Waals surface area contributed by atoms with Crippen LogP contribution in [0.25, 0.3) is 0 Å². The molecule has 2 saturated carbocycles. The second-order valence-electron chi connectivity index (χ2n) is 6.81. The maximum atomic E-state index is 12.2. The minimum atomic E-state index is -0.0947. The van der Waals surface area contributed by atoms with Crippen molar-refractivity contribution < 1.29 is 9.59 Å². The highest BCUT2D eigenvalue weighted by Gasteiger charge is 2.34. The van der Waals surface area contributed by atoms with Gasteiger partial charge in [-0.05, 0) is 45.1 Å². The van der Waals surface area contributed by atoms with Crippen LogP contribution in [-0.4, -0.2) is 47.9 Å². The van der Waals surface area contributed by atoms with Gasteiger partial charge in [0.2, 0.25) is 11.8 Å². The van der Waals surface area contributed by atoms with Crippen LogP contribution in [-0.2, 0) is 9.59 Å². The molecule has 0 radical (unpaired) electrons. The Balaban J connectivity index is 1.45. The van der Waals surface area contributed by atoms with Crippen molar-refractivity contribution in [1.29, 1.82) is 0 Å². The molecule has 0 aromatic rings. The Hall–Kier alpha value is -1.10. The fourth-order valence-corrected chi connectivity index (χ4v) is 3.54. The van der Waals surface area contributed by atoms with Crippen molar-refractivity contribution in [2.24, 2.45) is 0 Å². The molecule has 1 heterocycles. The first-order chi connectivity index (χ1) is 10.2. The lowest BCUT2D eigenvalue weighted by atomic mass is 9.95. The molecule has 3 fully saturated rings. The van der Waals surface area contributed by atoms with Crippen LogP contribution in [0.2, 0.25) is 0 Å². The van der Waals surface area contributed by atoms with Crippen molar-refractivity contribution in [2.45, 2.75) is 75.9 Å². The number of nitrogens with zero attached hydrogens (tertiary/aromatic N) is 1. The number of hydrogen-bond acceptors (Lipinski definition) is 3. The fourth-order valence-electron chi connectivity index (χ4n) is 3.54. The summed E-state index contributed by atoms with van der Waals surface area (Å²) in [4.78, 5) is 26.4. The van der Waals surface area contributed by atoms with E-state index in [1.807, 2.05) is 0 Å². The molecule has 2 aliphatic carbocycles. The van der Waals surface area contributed by atoms with Gasteiger partial charge in [0.05, 0.1) is 12.6 Å². The van der Waals surface area contributed by atoms with E-state index in [2.05, 4.69) is 15.5 Å². The lowest BCUT2D eigenvalue weighted by Crippen LogP contribution is -2.49. The van der Waals surface area contributed by atoms with E-state index in [0.717, 1.165) is 45.1 Å². The molecule has 0 aromatic heterocycles. The summed E-state index contributed by atoms with van der Waals surface area (Å²) in [6, 6.07) is 0.659. The molecule has 5 heteroatoms. The molecule has 0 spiro atoms. The number of carbonyl (C=O) groups excluding carboxylic acids is 2. The largest absolute Gasteiger partial charge is 0.352 e. The summed E-state index contributed by atoms with van der Waals surface area (Å²) in [6.07, 6.45) is 10.1. The first-order valence-corrected chi connectivity index (χ1v) is 8.56. The minimum absolute atomic E-state index is 0.0908. The maximum absolute atomic E-state index is 12.2. The quantitative estimate of drug-likeness (QED) is 0.800. The summed E-state index contributed by atoms with van der Waals surface area (Å²) in [6.45, 7) is 1.24. The van der Waals surface area contributed by atoms with Crippen LogP contribution in [0.1, 0.15) is 57.8 Å². The van der Waals surface area contributed by atoms with Gasteiger partial charge in [-0.3, -0.25) is 14.5 Å². The smallest absolute Gasteiger partial charge is 0.237 e. The van der Waals surface area contributed by atoms with Crippen LogP contribution in [0.5, 0.6) is 0 Å². The molecule has 3 rings (SSSR count). The van der Waals surface area contributed by atoms with Crippen LogP contribution < -0.4 is 10.6 Å². The monoisotopic (exact) mass is 293 g/mol. The average molecular weight is 293 g/mol. The van der Waals surface area contributed by atoms with E-state index in [9.17, 15) is 9.59 Å². The molecule has 0 bridgehead atoms. The Bertz CT molecular complexity index is 389. The summed E-state index contributed by atoms with van der Waals surface area (Å²) >= 11 is 0. The Morgan fingerprint density at radius 2 is 1.57 bits per heavy atom. The van der Waals surface area contributed by atoms with Gasteiger partial charge >= 0.3 is 0 Å². The molecule has 1 atom stereocenters. The van der Waals surface area contributed by atoms with E-state index in [1.165, 1.54) is 19.3 Å². The molecular formula is C16H27N3O2. The summed E-state index contributed by atoms with van der Waals surface area (Å²) in [7, 11) is 0. The number of nitrogens with one attached hydrogen (secondary N) is 2. The third kappa shape index (κ3) is 4.19. The Morgan fingerprint density at radius 3 is 2.29 bits per heavy atom. The highest BCUT2D eigenvalue weighted by molar-refractivity contribution is 5.84. The normalized spacial score (nSPS) is 27.5. The molecule has 21 heavy (non-hydrogen) atoms. The topological polar surface area (TPSA) is 61.4 Å². The molecule has 0 aromatic carbocycles. The lowest BCUT2D eigenvalue weighted by molar-refractivity contribution is -0.128. The SMILES string of the molecule is O=C(CN1CCCC1C(=O)NC1CC1)NC1CCCCC1. The van der Waals surface area contributed by atoms with Gasteiger partial charge in [0, 0.05) is 12.1 Å². The van der Waals surface area contributed by atoms with Gasteiger partial charge in [-0.1, -0.05) is 19.3 Å². The number of hydrogen-bond donors (Lipinski definition) is 2. The summed E-state index contributed by atoms with van der Waals surface area (Å²) in [5, 5.41) is 6.21. The highest BCUT2D eigenvalue weighted by atomic mass is 16.2. The van der Waals surface area contributed by atoms with E-state index < -0.39 is 0 Å². The van der Waals surface area contributed by atoms with Crippen molar-refractivity contribution in [2.75, 3.05) is 13.1 Å². The van der Waals surface area contributed by atoms with Crippen LogP contribution in [0.3, 0.4) is 0 Å². The second-order valence-corrected chi connectivity index (χ2v) is 6.81. The van der Waals surface area contributed by atoms with E-state index in [4.69, 9.17) is 0 Å². The Labute approximate surface area is 126 Å². The van der Waals surface area contributed by atoms with Crippen molar-refractivity contribution in [3.8, 4) is 0 Å². The van der Waals surface area contributed by atoms with Gasteiger partial charge in [0.25, 0.3) is 0 Å². The number of rotatable bonds is 5. The molecular weight excluding hydrogens is 266 g/mol. The maximum Gasteiger partial charge on any atom is 0.237 e. The summed E-state index contributed by atoms with van der Waals surface area (Å²) < 4.78 is 0. The fraction of sp³-hybridized carbons (Fsp3) is 0.875. The van der Waals surface area contributed by atoms with Crippen molar-refractivity contribution in [3.63, 3.8) is 0 Å². The summed E-state index contributed by atoms with van der Waals surface area (Å²) in [5.41, 5.74) is 0. The van der Waals surface area contributed by atoms with E-state index in [0.29, 0.717) is 18.6 Å². The molecule has 1 aliphatic heterocycles. The van der Waals surface area contributed by atoms with Gasteiger partial charge in [-0.15, -0.1) is 0 Å². The third-order valence-electron chi connectivity index (χ3n) is 4.91. The van der Waals surface area contributed by atoms with E-state index in [1.54, 1.807) is 0 Å². The van der Waals surface area contributed by atoms with Gasteiger partial charge in [0.15, 0.2) is 0 Å². The van der Waals surface area contributed by atoms with E-state index in [-0.39, 0.29) is 17.9 Å². The standard InChI is InChI=1S/C16H27N3O2/c20-15(17-12-5-2-1-3-6-12)11-19-10-4-7-14(19)16(21)18-13-8-9-13/h12-14H,1-11H2,(H,17,20)(H,18,21). The predicted molar refractivity (Wildman–Crippen MR) is 80.8 cm³/mol. The van der Waals surface area contributed by atoms with Gasteiger partial charge < -0.3 is 10.6 Å². The second kappa shape index (κ2) is 6.77. The zero-order valence-corrected chi connectivity index (χ0v) is 12.8. The Morgan fingerprint density at radius 1 is 0.857 bits per heavy atom. The number of amides is 2.